The van der Waals surface area contributed by atoms with Crippen LogP contribution >= 0.6 is 15.9 Å². The standard InChI is InChI=1S/C12H16BrNO2/c13-10-5-9(11(15)6-14)3-4-12(10)16-7-8-1-2-8/h3-5,8,11,15H,1-2,6-7,14H2. The van der Waals surface area contributed by atoms with Gasteiger partial charge >= 0.3 is 0 Å². The summed E-state index contributed by atoms with van der Waals surface area (Å²) < 4.78 is 6.54. The van der Waals surface area contributed by atoms with Gasteiger partial charge < -0.3 is 15.6 Å². The van der Waals surface area contributed by atoms with Crippen LogP contribution in [-0.4, -0.2) is 18.3 Å². The average Bonchev–Trinajstić information content (AvgIpc) is 3.10. The molecule has 16 heavy (non-hydrogen) atoms. The number of rotatable bonds is 5. The van der Waals surface area contributed by atoms with E-state index < -0.39 is 6.10 Å². The van der Waals surface area contributed by atoms with E-state index in [1.807, 2.05) is 18.2 Å². The van der Waals surface area contributed by atoms with Gasteiger partial charge in [-0.15, -0.1) is 0 Å². The smallest absolute Gasteiger partial charge is 0.133 e. The lowest BCUT2D eigenvalue weighted by molar-refractivity contribution is 0.186. The molecule has 0 radical (unpaired) electrons. The number of hydrogen-bond acceptors (Lipinski definition) is 3. The quantitative estimate of drug-likeness (QED) is 0.872. The second-order valence-electron chi connectivity index (χ2n) is 4.20. The van der Waals surface area contributed by atoms with Crippen molar-refractivity contribution < 1.29 is 9.84 Å². The minimum atomic E-state index is -0.603. The Hall–Kier alpha value is -0.580. The molecule has 1 aromatic rings. The minimum absolute atomic E-state index is 0.231. The van der Waals surface area contributed by atoms with E-state index in [2.05, 4.69) is 15.9 Å². The van der Waals surface area contributed by atoms with Crippen LogP contribution in [0.3, 0.4) is 0 Å². The van der Waals surface area contributed by atoms with E-state index in [4.69, 9.17) is 10.5 Å². The highest BCUT2D eigenvalue weighted by molar-refractivity contribution is 9.10. The molecule has 88 valence electrons. The first-order chi connectivity index (χ1) is 7.70. The van der Waals surface area contributed by atoms with Gasteiger partial charge in [-0.3, -0.25) is 0 Å². The molecule has 2 rings (SSSR count). The van der Waals surface area contributed by atoms with E-state index in [0.29, 0.717) is 0 Å². The number of nitrogens with two attached hydrogens (primary N) is 1. The fraction of sp³-hybridized carbons (Fsp3) is 0.500. The van der Waals surface area contributed by atoms with E-state index in [-0.39, 0.29) is 6.54 Å². The molecule has 0 amide bonds. The monoisotopic (exact) mass is 285 g/mol. The summed E-state index contributed by atoms with van der Waals surface area (Å²) in [7, 11) is 0. The van der Waals surface area contributed by atoms with Crippen molar-refractivity contribution in [2.45, 2.75) is 18.9 Å². The summed E-state index contributed by atoms with van der Waals surface area (Å²) in [6.45, 7) is 1.02. The van der Waals surface area contributed by atoms with Gasteiger partial charge in [0.05, 0.1) is 17.2 Å². The molecule has 0 saturated heterocycles. The van der Waals surface area contributed by atoms with E-state index in [1.54, 1.807) is 0 Å². The van der Waals surface area contributed by atoms with Crippen LogP contribution < -0.4 is 10.5 Å². The molecule has 1 atom stereocenters. The molecule has 3 nitrogen and oxygen atoms in total. The summed E-state index contributed by atoms with van der Waals surface area (Å²) in [6, 6.07) is 5.59. The highest BCUT2D eigenvalue weighted by Gasteiger charge is 2.22. The Labute approximate surface area is 104 Å². The Balaban J connectivity index is 2.02. The fourth-order valence-corrected chi connectivity index (χ4v) is 1.98. The maximum Gasteiger partial charge on any atom is 0.133 e. The summed E-state index contributed by atoms with van der Waals surface area (Å²) in [4.78, 5) is 0. The number of halogens is 1. The normalized spacial score (nSPS) is 17.2. The van der Waals surface area contributed by atoms with Crippen LogP contribution in [0.25, 0.3) is 0 Å². The van der Waals surface area contributed by atoms with Crippen LogP contribution in [0.2, 0.25) is 0 Å². The zero-order valence-corrected chi connectivity index (χ0v) is 10.6. The maximum atomic E-state index is 9.59. The molecule has 1 saturated carbocycles. The summed E-state index contributed by atoms with van der Waals surface area (Å²) in [6.07, 6.45) is 1.96. The molecule has 0 heterocycles. The number of aliphatic hydroxyl groups excluding tert-OH is 1. The van der Waals surface area contributed by atoms with Gasteiger partial charge in [-0.05, 0) is 52.4 Å². The predicted molar refractivity (Wildman–Crippen MR) is 66.4 cm³/mol. The van der Waals surface area contributed by atoms with Crippen molar-refractivity contribution in [1.29, 1.82) is 0 Å². The second-order valence-corrected chi connectivity index (χ2v) is 5.05. The Morgan fingerprint density at radius 1 is 1.50 bits per heavy atom. The molecular formula is C12H16BrNO2. The van der Waals surface area contributed by atoms with Crippen molar-refractivity contribution in [3.63, 3.8) is 0 Å². The van der Waals surface area contributed by atoms with Crippen molar-refractivity contribution in [1.82, 2.24) is 0 Å². The first kappa shape index (κ1) is 11.9. The van der Waals surface area contributed by atoms with Crippen molar-refractivity contribution >= 4 is 15.9 Å². The minimum Gasteiger partial charge on any atom is -0.492 e. The van der Waals surface area contributed by atoms with Crippen molar-refractivity contribution in [3.8, 4) is 5.75 Å². The number of ether oxygens (including phenoxy) is 1. The van der Waals surface area contributed by atoms with Crippen LogP contribution in [0.15, 0.2) is 22.7 Å². The van der Waals surface area contributed by atoms with Crippen LogP contribution in [0.5, 0.6) is 5.75 Å². The zero-order valence-electron chi connectivity index (χ0n) is 9.03. The SMILES string of the molecule is NCC(O)c1ccc(OCC2CC2)c(Br)c1. The lowest BCUT2D eigenvalue weighted by Gasteiger charge is -2.12. The van der Waals surface area contributed by atoms with Gasteiger partial charge in [0, 0.05) is 6.54 Å². The van der Waals surface area contributed by atoms with Crippen molar-refractivity contribution in [2.24, 2.45) is 11.7 Å². The Morgan fingerprint density at radius 2 is 2.25 bits per heavy atom. The molecule has 0 aromatic heterocycles. The average molecular weight is 286 g/mol. The Morgan fingerprint density at radius 3 is 2.81 bits per heavy atom. The van der Waals surface area contributed by atoms with Gasteiger partial charge in [0.2, 0.25) is 0 Å². The predicted octanol–water partition coefficient (Wildman–Crippen LogP) is 2.23. The number of aliphatic hydroxyl groups is 1. The van der Waals surface area contributed by atoms with E-state index in [0.717, 1.165) is 28.3 Å². The Kier molecular flexibility index (Phi) is 3.84. The van der Waals surface area contributed by atoms with Gasteiger partial charge in [0.25, 0.3) is 0 Å². The number of benzene rings is 1. The first-order valence-electron chi connectivity index (χ1n) is 5.51. The fourth-order valence-electron chi connectivity index (χ4n) is 1.47. The summed E-state index contributed by atoms with van der Waals surface area (Å²) in [5, 5.41) is 9.59. The van der Waals surface area contributed by atoms with Crippen molar-refractivity contribution in [3.05, 3.63) is 28.2 Å². The molecular weight excluding hydrogens is 270 g/mol. The molecule has 1 aromatic carbocycles. The Bertz CT molecular complexity index is 366. The molecule has 0 bridgehead atoms. The van der Waals surface area contributed by atoms with Gasteiger partial charge in [-0.1, -0.05) is 6.07 Å². The third-order valence-corrected chi connectivity index (χ3v) is 3.36. The summed E-state index contributed by atoms with van der Waals surface area (Å²) in [5.41, 5.74) is 6.22. The van der Waals surface area contributed by atoms with E-state index in [1.165, 1.54) is 12.8 Å². The van der Waals surface area contributed by atoms with E-state index >= 15 is 0 Å². The third-order valence-electron chi connectivity index (χ3n) is 2.74. The largest absolute Gasteiger partial charge is 0.492 e. The molecule has 0 aliphatic heterocycles. The van der Waals surface area contributed by atoms with Crippen LogP contribution in [0.4, 0.5) is 0 Å². The van der Waals surface area contributed by atoms with Crippen molar-refractivity contribution in [2.75, 3.05) is 13.2 Å². The molecule has 1 aliphatic carbocycles. The van der Waals surface area contributed by atoms with Gasteiger partial charge in [-0.25, -0.2) is 0 Å². The first-order valence-corrected chi connectivity index (χ1v) is 6.30. The molecule has 0 spiro atoms. The lowest BCUT2D eigenvalue weighted by atomic mass is 10.1. The van der Waals surface area contributed by atoms with Gasteiger partial charge in [0.1, 0.15) is 5.75 Å². The van der Waals surface area contributed by atoms with Crippen LogP contribution in [0, 0.1) is 5.92 Å². The topological polar surface area (TPSA) is 55.5 Å². The second kappa shape index (κ2) is 5.17. The molecule has 3 N–H and O–H groups in total. The maximum absolute atomic E-state index is 9.59. The zero-order chi connectivity index (χ0) is 11.5. The molecule has 1 fully saturated rings. The van der Waals surface area contributed by atoms with E-state index in [9.17, 15) is 5.11 Å². The summed E-state index contributed by atoms with van der Waals surface area (Å²) in [5.74, 6) is 1.57. The lowest BCUT2D eigenvalue weighted by Crippen LogP contribution is -2.11. The number of hydrogen-bond donors (Lipinski definition) is 2. The third kappa shape index (κ3) is 2.97. The molecule has 1 unspecified atom stereocenters. The summed E-state index contributed by atoms with van der Waals surface area (Å²) >= 11 is 3.44. The van der Waals surface area contributed by atoms with Gasteiger partial charge in [0.15, 0.2) is 0 Å². The molecule has 1 aliphatic rings. The highest BCUT2D eigenvalue weighted by atomic mass is 79.9. The van der Waals surface area contributed by atoms with Gasteiger partial charge in [-0.2, -0.15) is 0 Å². The molecule has 4 heteroatoms. The van der Waals surface area contributed by atoms with Crippen LogP contribution in [0.1, 0.15) is 24.5 Å². The van der Waals surface area contributed by atoms with Crippen LogP contribution in [-0.2, 0) is 0 Å². The highest BCUT2D eigenvalue weighted by Crippen LogP contribution is 2.32.